The predicted molar refractivity (Wildman–Crippen MR) is 76.0 cm³/mol. The predicted octanol–water partition coefficient (Wildman–Crippen LogP) is 1.62. The van der Waals surface area contributed by atoms with Crippen LogP contribution in [0.2, 0.25) is 0 Å². The molecule has 2 fully saturated rings. The number of fused-ring (bicyclic) bond motifs is 1. The van der Waals surface area contributed by atoms with Crippen LogP contribution in [0.3, 0.4) is 0 Å². The monoisotopic (exact) mass is 263 g/mol. The molecule has 0 amide bonds. The van der Waals surface area contributed by atoms with E-state index in [0.29, 0.717) is 6.54 Å². The van der Waals surface area contributed by atoms with E-state index in [1.807, 2.05) is 0 Å². The third-order valence-electron chi connectivity index (χ3n) is 4.64. The lowest BCUT2D eigenvalue weighted by atomic mass is 10.1. The van der Waals surface area contributed by atoms with Crippen LogP contribution >= 0.6 is 0 Å². The first-order valence-electron chi connectivity index (χ1n) is 7.58. The van der Waals surface area contributed by atoms with Crippen molar-refractivity contribution in [3.05, 3.63) is 23.7 Å². The van der Waals surface area contributed by atoms with Crippen LogP contribution in [-0.4, -0.2) is 48.6 Å². The summed E-state index contributed by atoms with van der Waals surface area (Å²) in [5, 5.41) is 0. The Balaban J connectivity index is 1.71. The Labute approximate surface area is 115 Å². The fraction of sp³-hybridized carbons (Fsp3) is 0.733. The van der Waals surface area contributed by atoms with Gasteiger partial charge in [-0.25, -0.2) is 0 Å². The van der Waals surface area contributed by atoms with Gasteiger partial charge in [-0.1, -0.05) is 6.92 Å². The molecule has 3 heterocycles. The van der Waals surface area contributed by atoms with Crippen molar-refractivity contribution in [2.24, 2.45) is 5.73 Å². The van der Waals surface area contributed by atoms with Crippen LogP contribution in [0.4, 0.5) is 0 Å². The lowest BCUT2D eigenvalue weighted by molar-refractivity contribution is 0.0658. The van der Waals surface area contributed by atoms with E-state index >= 15 is 0 Å². The summed E-state index contributed by atoms with van der Waals surface area (Å²) in [4.78, 5) is 5.15. The lowest BCUT2D eigenvalue weighted by Crippen LogP contribution is -2.52. The molecule has 1 aromatic heterocycles. The van der Waals surface area contributed by atoms with E-state index < -0.39 is 0 Å². The van der Waals surface area contributed by atoms with E-state index in [4.69, 9.17) is 10.2 Å². The molecule has 2 unspecified atom stereocenters. The summed E-state index contributed by atoms with van der Waals surface area (Å²) in [5.41, 5.74) is 6.01. The molecule has 0 aliphatic carbocycles. The molecule has 0 radical (unpaired) electrons. The van der Waals surface area contributed by atoms with Crippen LogP contribution in [0, 0.1) is 0 Å². The van der Waals surface area contributed by atoms with Crippen LogP contribution in [0.15, 0.2) is 16.5 Å². The van der Waals surface area contributed by atoms with E-state index in [1.165, 1.54) is 25.9 Å². The Hall–Kier alpha value is -0.840. The summed E-state index contributed by atoms with van der Waals surface area (Å²) in [6, 6.07) is 5.19. The Bertz CT molecular complexity index is 417. The van der Waals surface area contributed by atoms with Gasteiger partial charge in [-0.2, -0.15) is 0 Å². The van der Waals surface area contributed by atoms with Gasteiger partial charge in [0.1, 0.15) is 11.5 Å². The van der Waals surface area contributed by atoms with Gasteiger partial charge in [0.25, 0.3) is 0 Å². The highest BCUT2D eigenvalue weighted by Crippen LogP contribution is 2.28. The van der Waals surface area contributed by atoms with Crippen molar-refractivity contribution in [2.75, 3.05) is 32.7 Å². The standard InChI is InChI=1S/C15H25N3O/c1-2-13-5-6-15(19-13)14(10-16)18-9-8-17-7-3-4-12(17)11-18/h5-6,12,14H,2-4,7-11,16H2,1H3. The molecule has 0 spiro atoms. The minimum Gasteiger partial charge on any atom is -0.464 e. The molecular formula is C15H25N3O. The molecule has 2 atom stereocenters. The molecule has 4 heteroatoms. The number of nitrogens with zero attached hydrogens (tertiary/aromatic N) is 2. The number of nitrogens with two attached hydrogens (primary N) is 1. The zero-order chi connectivity index (χ0) is 13.2. The second-order valence-electron chi connectivity index (χ2n) is 5.74. The Kier molecular flexibility index (Phi) is 3.91. The largest absolute Gasteiger partial charge is 0.464 e. The van der Waals surface area contributed by atoms with Crippen molar-refractivity contribution in [3.63, 3.8) is 0 Å². The summed E-state index contributed by atoms with van der Waals surface area (Å²) < 4.78 is 5.92. The van der Waals surface area contributed by atoms with Crippen LogP contribution < -0.4 is 5.73 Å². The van der Waals surface area contributed by atoms with Gasteiger partial charge in [0.15, 0.2) is 0 Å². The Morgan fingerprint density at radius 1 is 1.37 bits per heavy atom. The number of furan rings is 1. The average Bonchev–Trinajstić information content (AvgIpc) is 3.07. The number of piperazine rings is 1. The second kappa shape index (κ2) is 5.65. The molecule has 0 saturated carbocycles. The van der Waals surface area contributed by atoms with Crippen LogP contribution in [0.25, 0.3) is 0 Å². The maximum Gasteiger partial charge on any atom is 0.122 e. The molecular weight excluding hydrogens is 238 g/mol. The van der Waals surface area contributed by atoms with Gasteiger partial charge in [-0.15, -0.1) is 0 Å². The highest BCUT2D eigenvalue weighted by atomic mass is 16.3. The van der Waals surface area contributed by atoms with Gasteiger partial charge < -0.3 is 10.2 Å². The van der Waals surface area contributed by atoms with E-state index in [2.05, 4.69) is 28.9 Å². The third-order valence-corrected chi connectivity index (χ3v) is 4.64. The summed E-state index contributed by atoms with van der Waals surface area (Å²) in [6.07, 6.45) is 3.65. The molecule has 1 aromatic rings. The number of hydrogen-bond donors (Lipinski definition) is 1. The number of hydrogen-bond acceptors (Lipinski definition) is 4. The minimum absolute atomic E-state index is 0.253. The zero-order valence-corrected chi connectivity index (χ0v) is 11.8. The van der Waals surface area contributed by atoms with E-state index in [9.17, 15) is 0 Å². The zero-order valence-electron chi connectivity index (χ0n) is 11.8. The summed E-state index contributed by atoms with van der Waals surface area (Å²) in [5.74, 6) is 2.11. The number of rotatable bonds is 4. The van der Waals surface area contributed by atoms with E-state index in [1.54, 1.807) is 0 Å². The quantitative estimate of drug-likeness (QED) is 0.896. The molecule has 0 aromatic carbocycles. The fourth-order valence-corrected chi connectivity index (χ4v) is 3.51. The van der Waals surface area contributed by atoms with E-state index in [-0.39, 0.29) is 6.04 Å². The lowest BCUT2D eigenvalue weighted by Gasteiger charge is -2.40. The first-order valence-corrected chi connectivity index (χ1v) is 7.58. The van der Waals surface area contributed by atoms with Crippen molar-refractivity contribution in [3.8, 4) is 0 Å². The van der Waals surface area contributed by atoms with Gasteiger partial charge in [-0.05, 0) is 31.5 Å². The van der Waals surface area contributed by atoms with Gasteiger partial charge in [0, 0.05) is 38.6 Å². The van der Waals surface area contributed by atoms with Gasteiger partial charge in [-0.3, -0.25) is 9.80 Å². The normalized spacial score (nSPS) is 26.5. The second-order valence-corrected chi connectivity index (χ2v) is 5.74. The molecule has 3 rings (SSSR count). The Morgan fingerprint density at radius 2 is 2.26 bits per heavy atom. The summed E-state index contributed by atoms with van der Waals surface area (Å²) >= 11 is 0. The fourth-order valence-electron chi connectivity index (χ4n) is 3.51. The third kappa shape index (κ3) is 2.57. The highest BCUT2D eigenvalue weighted by molar-refractivity contribution is 5.12. The van der Waals surface area contributed by atoms with Gasteiger partial charge >= 0.3 is 0 Å². The van der Waals surface area contributed by atoms with Gasteiger partial charge in [0.2, 0.25) is 0 Å². The molecule has 2 saturated heterocycles. The van der Waals surface area contributed by atoms with Crippen LogP contribution in [0.1, 0.15) is 37.3 Å². The number of aryl methyl sites for hydroxylation is 1. The van der Waals surface area contributed by atoms with Gasteiger partial charge in [0.05, 0.1) is 6.04 Å². The molecule has 2 aliphatic heterocycles. The van der Waals surface area contributed by atoms with Crippen LogP contribution in [-0.2, 0) is 6.42 Å². The topological polar surface area (TPSA) is 45.6 Å². The van der Waals surface area contributed by atoms with E-state index in [0.717, 1.165) is 37.1 Å². The van der Waals surface area contributed by atoms with Crippen LogP contribution in [0.5, 0.6) is 0 Å². The summed E-state index contributed by atoms with van der Waals surface area (Å²) in [7, 11) is 0. The molecule has 2 aliphatic rings. The molecule has 19 heavy (non-hydrogen) atoms. The minimum atomic E-state index is 0.253. The molecule has 2 N–H and O–H groups in total. The smallest absolute Gasteiger partial charge is 0.122 e. The highest BCUT2D eigenvalue weighted by Gasteiger charge is 2.34. The molecule has 106 valence electrons. The average molecular weight is 263 g/mol. The molecule has 4 nitrogen and oxygen atoms in total. The first-order chi connectivity index (χ1) is 9.31. The Morgan fingerprint density at radius 3 is 3.00 bits per heavy atom. The SMILES string of the molecule is CCc1ccc(C(CN)N2CCN3CCCC3C2)o1. The van der Waals surface area contributed by atoms with Crippen molar-refractivity contribution in [2.45, 2.75) is 38.3 Å². The van der Waals surface area contributed by atoms with Crippen molar-refractivity contribution < 1.29 is 4.42 Å². The maximum atomic E-state index is 6.01. The first kappa shape index (κ1) is 13.2. The molecule has 0 bridgehead atoms. The van der Waals surface area contributed by atoms with Crippen molar-refractivity contribution in [1.82, 2.24) is 9.80 Å². The van der Waals surface area contributed by atoms with Crippen molar-refractivity contribution in [1.29, 1.82) is 0 Å². The van der Waals surface area contributed by atoms with Crippen molar-refractivity contribution >= 4 is 0 Å². The summed E-state index contributed by atoms with van der Waals surface area (Å²) in [6.45, 7) is 7.49. The maximum absolute atomic E-state index is 6.01.